The summed E-state index contributed by atoms with van der Waals surface area (Å²) in [5, 5.41) is 2.24. The third-order valence-corrected chi connectivity index (χ3v) is 7.00. The summed E-state index contributed by atoms with van der Waals surface area (Å²) in [4.78, 5) is 0. The number of fused-ring (bicyclic) bond motifs is 1. The molecule has 0 amide bonds. The molecule has 6 aromatic carbocycles. The molecule has 6 rings (SSSR count). The number of alkyl halides is 3. The van der Waals surface area contributed by atoms with Gasteiger partial charge in [-0.2, -0.15) is 13.2 Å². The van der Waals surface area contributed by atoms with Gasteiger partial charge in [0.15, 0.2) is 0 Å². The van der Waals surface area contributed by atoms with E-state index in [0.717, 1.165) is 67.4 Å². The molecule has 0 N–H and O–H groups in total. The van der Waals surface area contributed by atoms with Crippen molar-refractivity contribution in [1.29, 1.82) is 0 Å². The minimum absolute atomic E-state index is 0.249. The van der Waals surface area contributed by atoms with E-state index >= 15 is 0 Å². The lowest BCUT2D eigenvalue weighted by Gasteiger charge is -2.10. The fourth-order valence-corrected chi connectivity index (χ4v) is 4.81. The molecular weight excluding hydrogens is 496 g/mol. The predicted molar refractivity (Wildman–Crippen MR) is 151 cm³/mol. The van der Waals surface area contributed by atoms with Gasteiger partial charge in [-0.05, 0) is 91.7 Å². The van der Waals surface area contributed by atoms with E-state index in [0.29, 0.717) is 0 Å². The minimum Gasteiger partial charge on any atom is -0.207 e. The van der Waals surface area contributed by atoms with Gasteiger partial charge < -0.3 is 0 Å². The Morgan fingerprint density at radius 1 is 0.333 bits per heavy atom. The number of hydrogen-bond acceptors (Lipinski definition) is 0. The van der Waals surface area contributed by atoms with E-state index in [9.17, 15) is 17.6 Å². The van der Waals surface area contributed by atoms with Crippen molar-refractivity contribution in [2.45, 2.75) is 6.18 Å². The molecular formula is C35H22F4. The molecule has 0 aliphatic rings. The molecule has 0 heterocycles. The monoisotopic (exact) mass is 518 g/mol. The van der Waals surface area contributed by atoms with E-state index in [1.54, 1.807) is 12.1 Å². The van der Waals surface area contributed by atoms with Gasteiger partial charge in [-0.15, -0.1) is 0 Å². The molecule has 0 aliphatic heterocycles. The number of halogens is 4. The fraction of sp³-hybridized carbons (Fsp3) is 0.0286. The maximum atomic E-state index is 13.3. The highest BCUT2D eigenvalue weighted by Gasteiger charge is 2.29. The fourth-order valence-electron chi connectivity index (χ4n) is 4.81. The highest BCUT2D eigenvalue weighted by Crippen LogP contribution is 2.33. The normalized spacial score (nSPS) is 11.6. The van der Waals surface area contributed by atoms with E-state index in [4.69, 9.17) is 0 Å². The zero-order valence-electron chi connectivity index (χ0n) is 20.7. The van der Waals surface area contributed by atoms with Crippen LogP contribution < -0.4 is 0 Å². The second kappa shape index (κ2) is 9.88. The zero-order valence-corrected chi connectivity index (χ0v) is 20.7. The van der Waals surface area contributed by atoms with Crippen molar-refractivity contribution in [3.63, 3.8) is 0 Å². The molecule has 0 saturated carbocycles. The average molecular weight is 519 g/mol. The van der Waals surface area contributed by atoms with Crippen LogP contribution >= 0.6 is 0 Å². The lowest BCUT2D eigenvalue weighted by atomic mass is 9.95. The third kappa shape index (κ3) is 5.19. The smallest absolute Gasteiger partial charge is 0.207 e. The highest BCUT2D eigenvalue weighted by molar-refractivity contribution is 5.91. The second-order valence-electron chi connectivity index (χ2n) is 9.51. The summed E-state index contributed by atoms with van der Waals surface area (Å²) in [5.74, 6) is -0.249. The van der Waals surface area contributed by atoms with Crippen LogP contribution in [0.4, 0.5) is 17.6 Å². The van der Waals surface area contributed by atoms with Gasteiger partial charge in [0, 0.05) is 0 Å². The number of rotatable bonds is 4. The first kappa shape index (κ1) is 24.6. The molecule has 190 valence electrons. The molecule has 6 aromatic rings. The quantitative estimate of drug-likeness (QED) is 0.204. The van der Waals surface area contributed by atoms with E-state index in [1.807, 2.05) is 36.4 Å². The SMILES string of the molecule is Fc1ccc(-c2ccc(-c3ccc4ccc(-c5ccc(-c6ccc(C(F)(F)F)cc6)cc5)cc4c3)cc2)cc1. The minimum atomic E-state index is -4.34. The molecule has 0 bridgehead atoms. The standard InChI is InChI=1S/C35H22F4/c36-34-19-15-26(16-20-34)24-3-7-28(8-4-24)31-12-10-29-9-11-30(21-32(29)22-31)27-5-1-23(2-6-27)25-13-17-33(18-14-25)35(37,38)39/h1-22H. The van der Waals surface area contributed by atoms with Crippen molar-refractivity contribution in [3.8, 4) is 44.5 Å². The summed E-state index contributed by atoms with van der Waals surface area (Å²) in [7, 11) is 0. The Labute approximate surface area is 223 Å². The summed E-state index contributed by atoms with van der Waals surface area (Å²) in [6, 6.07) is 40.5. The van der Waals surface area contributed by atoms with Crippen LogP contribution in [0.15, 0.2) is 133 Å². The highest BCUT2D eigenvalue weighted by atomic mass is 19.4. The summed E-state index contributed by atoms with van der Waals surface area (Å²) in [5.41, 5.74) is 7.23. The predicted octanol–water partition coefficient (Wildman–Crippen LogP) is 10.7. The van der Waals surface area contributed by atoms with Crippen LogP contribution in [0.5, 0.6) is 0 Å². The Morgan fingerprint density at radius 2 is 0.641 bits per heavy atom. The van der Waals surface area contributed by atoms with Gasteiger partial charge in [-0.3, -0.25) is 0 Å². The molecule has 0 atom stereocenters. The summed E-state index contributed by atoms with van der Waals surface area (Å²) >= 11 is 0. The summed E-state index contributed by atoms with van der Waals surface area (Å²) in [6.45, 7) is 0. The van der Waals surface area contributed by atoms with Crippen LogP contribution in [0, 0.1) is 5.82 Å². The number of hydrogen-bond donors (Lipinski definition) is 0. The molecule has 4 heteroatoms. The van der Waals surface area contributed by atoms with Crippen LogP contribution in [0.2, 0.25) is 0 Å². The Balaban J connectivity index is 1.25. The van der Waals surface area contributed by atoms with Crippen molar-refractivity contribution >= 4 is 10.8 Å². The number of benzene rings is 6. The Morgan fingerprint density at radius 3 is 1.03 bits per heavy atom. The molecule has 0 fully saturated rings. The van der Waals surface area contributed by atoms with Crippen molar-refractivity contribution < 1.29 is 17.6 Å². The van der Waals surface area contributed by atoms with E-state index in [-0.39, 0.29) is 5.82 Å². The van der Waals surface area contributed by atoms with Gasteiger partial charge in [0.05, 0.1) is 5.56 Å². The van der Waals surface area contributed by atoms with Crippen LogP contribution in [0.25, 0.3) is 55.3 Å². The van der Waals surface area contributed by atoms with E-state index in [1.165, 1.54) is 24.3 Å². The molecule has 0 unspecified atom stereocenters. The summed E-state index contributed by atoms with van der Waals surface area (Å²) in [6.07, 6.45) is -4.34. The van der Waals surface area contributed by atoms with Gasteiger partial charge in [0.2, 0.25) is 0 Å². The second-order valence-corrected chi connectivity index (χ2v) is 9.51. The van der Waals surface area contributed by atoms with E-state index in [2.05, 4.69) is 48.5 Å². The van der Waals surface area contributed by atoms with Gasteiger partial charge in [-0.25, -0.2) is 4.39 Å². The topological polar surface area (TPSA) is 0 Å². The summed E-state index contributed by atoms with van der Waals surface area (Å²) < 4.78 is 51.9. The van der Waals surface area contributed by atoms with Crippen LogP contribution in [0.1, 0.15) is 5.56 Å². The largest absolute Gasteiger partial charge is 0.416 e. The van der Waals surface area contributed by atoms with Gasteiger partial charge in [-0.1, -0.05) is 97.1 Å². The van der Waals surface area contributed by atoms with E-state index < -0.39 is 11.7 Å². The zero-order chi connectivity index (χ0) is 27.0. The average Bonchev–Trinajstić information content (AvgIpc) is 2.97. The maximum absolute atomic E-state index is 13.3. The third-order valence-electron chi connectivity index (χ3n) is 7.00. The van der Waals surface area contributed by atoms with Crippen molar-refractivity contribution in [3.05, 3.63) is 145 Å². The molecule has 0 spiro atoms. The molecule has 39 heavy (non-hydrogen) atoms. The van der Waals surface area contributed by atoms with Crippen molar-refractivity contribution in [1.82, 2.24) is 0 Å². The first-order valence-corrected chi connectivity index (χ1v) is 12.5. The van der Waals surface area contributed by atoms with Crippen LogP contribution in [0.3, 0.4) is 0 Å². The molecule has 0 saturated heterocycles. The van der Waals surface area contributed by atoms with Crippen molar-refractivity contribution in [2.75, 3.05) is 0 Å². The molecule has 0 nitrogen and oxygen atoms in total. The molecule has 0 radical (unpaired) electrons. The van der Waals surface area contributed by atoms with Gasteiger partial charge in [0.25, 0.3) is 0 Å². The first-order valence-electron chi connectivity index (χ1n) is 12.5. The Kier molecular flexibility index (Phi) is 6.24. The Bertz CT molecular complexity index is 1750. The maximum Gasteiger partial charge on any atom is 0.416 e. The van der Waals surface area contributed by atoms with Crippen molar-refractivity contribution in [2.24, 2.45) is 0 Å². The first-order chi connectivity index (χ1) is 18.8. The lowest BCUT2D eigenvalue weighted by Crippen LogP contribution is -2.03. The molecule has 0 aliphatic carbocycles. The molecule has 0 aromatic heterocycles. The van der Waals surface area contributed by atoms with Gasteiger partial charge in [0.1, 0.15) is 5.82 Å². The van der Waals surface area contributed by atoms with Crippen LogP contribution in [-0.4, -0.2) is 0 Å². The lowest BCUT2D eigenvalue weighted by molar-refractivity contribution is -0.137. The van der Waals surface area contributed by atoms with Gasteiger partial charge >= 0.3 is 6.18 Å². The van der Waals surface area contributed by atoms with Crippen LogP contribution in [-0.2, 0) is 6.18 Å². The Hall–Kier alpha value is -4.70.